The monoisotopic (exact) mass is 594 g/mol. The molecule has 1 saturated carbocycles. The first-order valence-corrected chi connectivity index (χ1v) is 15.6. The van der Waals surface area contributed by atoms with Crippen LogP contribution in [0.3, 0.4) is 0 Å². The third-order valence-electron chi connectivity index (χ3n) is 7.46. The van der Waals surface area contributed by atoms with E-state index in [0.717, 1.165) is 55.4 Å². The van der Waals surface area contributed by atoms with E-state index in [1.165, 1.54) is 15.6 Å². The number of rotatable bonds is 11. The first-order chi connectivity index (χ1) is 18.3. The number of carbonyl (C=O) groups is 1. The van der Waals surface area contributed by atoms with Gasteiger partial charge in [-0.2, -0.15) is 4.31 Å². The molecule has 1 amide bonds. The Bertz CT molecular complexity index is 1340. The lowest BCUT2D eigenvalue weighted by Crippen LogP contribution is -2.39. The summed E-state index contributed by atoms with van der Waals surface area (Å²) in [6.07, 6.45) is 5.05. The fourth-order valence-electron chi connectivity index (χ4n) is 4.94. The molecule has 0 N–H and O–H groups in total. The van der Waals surface area contributed by atoms with Crippen LogP contribution in [0.25, 0.3) is 10.2 Å². The molecule has 1 heterocycles. The zero-order chi connectivity index (χ0) is 27.3. The predicted molar refractivity (Wildman–Crippen MR) is 161 cm³/mol. The van der Waals surface area contributed by atoms with Crippen molar-refractivity contribution in [3.05, 3.63) is 48.0 Å². The molecule has 4 rings (SSSR count). The Hall–Kier alpha value is -2.24. The molecule has 0 bridgehead atoms. The number of fused-ring (bicyclic) bond motifs is 1. The van der Waals surface area contributed by atoms with Crippen LogP contribution in [0.15, 0.2) is 47.4 Å². The van der Waals surface area contributed by atoms with Crippen LogP contribution in [0.2, 0.25) is 0 Å². The van der Waals surface area contributed by atoms with Gasteiger partial charge in [0.2, 0.25) is 10.0 Å². The third kappa shape index (κ3) is 7.10. The number of nitrogens with zero attached hydrogens (tertiary/aromatic N) is 4. The molecule has 3 aromatic rings. The minimum Gasteiger partial charge on any atom is -0.497 e. The number of hydrogen-bond donors (Lipinski definition) is 0. The number of halogens is 1. The zero-order valence-corrected chi connectivity index (χ0v) is 25.6. The molecule has 1 fully saturated rings. The van der Waals surface area contributed by atoms with Gasteiger partial charge in [-0.25, -0.2) is 13.4 Å². The van der Waals surface area contributed by atoms with Gasteiger partial charge in [0, 0.05) is 37.8 Å². The Morgan fingerprint density at radius 1 is 1.03 bits per heavy atom. The van der Waals surface area contributed by atoms with E-state index in [4.69, 9.17) is 9.72 Å². The number of hydrogen-bond acceptors (Lipinski definition) is 7. The summed E-state index contributed by atoms with van der Waals surface area (Å²) in [5.74, 6) is 0.512. The Morgan fingerprint density at radius 3 is 2.31 bits per heavy atom. The fourth-order valence-corrected chi connectivity index (χ4v) is 7.32. The summed E-state index contributed by atoms with van der Waals surface area (Å²) in [4.78, 5) is 22.7. The van der Waals surface area contributed by atoms with Crippen LogP contribution in [0, 0.1) is 0 Å². The molecule has 214 valence electrons. The molecular formula is C28H39ClN4O4S2. The molecule has 0 aliphatic heterocycles. The summed E-state index contributed by atoms with van der Waals surface area (Å²) in [7, 11) is -0.342. The van der Waals surface area contributed by atoms with Crippen molar-refractivity contribution in [2.45, 2.75) is 56.9 Å². The van der Waals surface area contributed by atoms with Crippen molar-refractivity contribution < 1.29 is 17.9 Å². The van der Waals surface area contributed by atoms with Gasteiger partial charge in [-0.3, -0.25) is 9.69 Å². The minimum atomic E-state index is -3.63. The Labute approximate surface area is 242 Å². The number of amides is 1. The highest BCUT2D eigenvalue weighted by molar-refractivity contribution is 7.89. The molecule has 2 aromatic carbocycles. The van der Waals surface area contributed by atoms with Gasteiger partial charge < -0.3 is 9.64 Å². The average molecular weight is 595 g/mol. The van der Waals surface area contributed by atoms with E-state index in [2.05, 4.69) is 18.7 Å². The predicted octanol–water partition coefficient (Wildman–Crippen LogP) is 5.67. The van der Waals surface area contributed by atoms with Gasteiger partial charge in [-0.15, -0.1) is 12.4 Å². The van der Waals surface area contributed by atoms with E-state index in [1.807, 2.05) is 18.2 Å². The summed E-state index contributed by atoms with van der Waals surface area (Å²) in [6.45, 7) is 7.15. The molecule has 1 aliphatic carbocycles. The van der Waals surface area contributed by atoms with E-state index in [-0.39, 0.29) is 29.3 Å². The molecule has 8 nitrogen and oxygen atoms in total. The van der Waals surface area contributed by atoms with E-state index in [9.17, 15) is 13.2 Å². The number of benzene rings is 2. The first kappa shape index (κ1) is 31.3. The maximum Gasteiger partial charge on any atom is 0.260 e. The van der Waals surface area contributed by atoms with Crippen molar-refractivity contribution in [1.82, 2.24) is 14.2 Å². The number of ether oxygens (including phenoxy) is 1. The third-order valence-corrected chi connectivity index (χ3v) is 10.4. The van der Waals surface area contributed by atoms with Crippen molar-refractivity contribution in [3.8, 4) is 5.75 Å². The number of aromatic nitrogens is 1. The van der Waals surface area contributed by atoms with E-state index < -0.39 is 10.0 Å². The van der Waals surface area contributed by atoms with Gasteiger partial charge in [-0.05, 0) is 62.3 Å². The fraction of sp³-hybridized carbons (Fsp3) is 0.500. The summed E-state index contributed by atoms with van der Waals surface area (Å²) in [6, 6.07) is 12.1. The second-order valence-corrected chi connectivity index (χ2v) is 12.7. The molecule has 0 spiro atoms. The van der Waals surface area contributed by atoms with E-state index in [0.29, 0.717) is 29.5 Å². The van der Waals surface area contributed by atoms with Gasteiger partial charge in [0.15, 0.2) is 5.13 Å². The largest absolute Gasteiger partial charge is 0.497 e. The SMILES string of the molecule is CCN(CC)CCN(C(=O)c1ccc(S(=O)(=O)N(C)C2CCCCC2)cc1)c1nc2cc(OC)ccc2s1.Cl. The molecule has 0 radical (unpaired) electrons. The normalized spacial score (nSPS) is 14.5. The van der Waals surface area contributed by atoms with Gasteiger partial charge in [0.1, 0.15) is 5.75 Å². The minimum absolute atomic E-state index is 0. The van der Waals surface area contributed by atoms with Crippen molar-refractivity contribution in [3.63, 3.8) is 0 Å². The smallest absolute Gasteiger partial charge is 0.260 e. The lowest BCUT2D eigenvalue weighted by atomic mass is 9.96. The van der Waals surface area contributed by atoms with Crippen molar-refractivity contribution in [2.24, 2.45) is 0 Å². The molecule has 0 atom stereocenters. The van der Waals surface area contributed by atoms with Gasteiger partial charge >= 0.3 is 0 Å². The summed E-state index contributed by atoms with van der Waals surface area (Å²) < 4.78 is 34.4. The zero-order valence-electron chi connectivity index (χ0n) is 23.1. The van der Waals surface area contributed by atoms with E-state index in [1.54, 1.807) is 43.3 Å². The maximum absolute atomic E-state index is 13.8. The van der Waals surface area contributed by atoms with Crippen molar-refractivity contribution in [1.29, 1.82) is 0 Å². The van der Waals surface area contributed by atoms with Gasteiger partial charge in [0.05, 0.1) is 22.2 Å². The molecule has 1 aliphatic rings. The van der Waals surface area contributed by atoms with Crippen LogP contribution < -0.4 is 9.64 Å². The van der Waals surface area contributed by atoms with Crippen LogP contribution in [0.5, 0.6) is 5.75 Å². The highest BCUT2D eigenvalue weighted by atomic mass is 35.5. The average Bonchev–Trinajstić information content (AvgIpc) is 3.38. The summed E-state index contributed by atoms with van der Waals surface area (Å²) in [5.41, 5.74) is 1.21. The molecule has 11 heteroatoms. The van der Waals surface area contributed by atoms with Crippen LogP contribution in [0.4, 0.5) is 5.13 Å². The molecular weight excluding hydrogens is 556 g/mol. The Morgan fingerprint density at radius 2 is 1.69 bits per heavy atom. The van der Waals surface area contributed by atoms with Crippen molar-refractivity contribution >= 4 is 55.0 Å². The molecule has 0 saturated heterocycles. The molecule has 0 unspecified atom stereocenters. The lowest BCUT2D eigenvalue weighted by Gasteiger charge is -2.30. The van der Waals surface area contributed by atoms with Crippen molar-refractivity contribution in [2.75, 3.05) is 45.2 Å². The standard InChI is InChI=1S/C28H38N4O4S2.ClH/c1-5-31(6-2)18-19-32(28-29-25-20-23(36-4)14-17-26(25)37-28)27(33)21-12-15-24(16-13-21)38(34,35)30(3)22-10-8-7-9-11-22;/h12-17,20,22H,5-11,18-19H2,1-4H3;1H. The van der Waals surface area contributed by atoms with Gasteiger partial charge in [0.25, 0.3) is 5.91 Å². The van der Waals surface area contributed by atoms with Crippen LogP contribution in [0.1, 0.15) is 56.3 Å². The topological polar surface area (TPSA) is 83.1 Å². The highest BCUT2D eigenvalue weighted by Gasteiger charge is 2.29. The highest BCUT2D eigenvalue weighted by Crippen LogP contribution is 2.32. The number of likely N-dealkylation sites (N-methyl/N-ethyl adjacent to an activating group) is 1. The Kier molecular flexibility index (Phi) is 11.1. The number of sulfonamides is 1. The van der Waals surface area contributed by atoms with Crippen LogP contribution in [-0.2, 0) is 10.0 Å². The second-order valence-electron chi connectivity index (χ2n) is 9.65. The summed E-state index contributed by atoms with van der Waals surface area (Å²) >= 11 is 1.46. The first-order valence-electron chi connectivity index (χ1n) is 13.3. The number of anilines is 1. The summed E-state index contributed by atoms with van der Waals surface area (Å²) in [5, 5.41) is 0.610. The number of methoxy groups -OCH3 is 1. The molecule has 39 heavy (non-hydrogen) atoms. The van der Waals surface area contributed by atoms with E-state index >= 15 is 0 Å². The maximum atomic E-state index is 13.8. The Balaban J connectivity index is 0.00000420. The quantitative estimate of drug-likeness (QED) is 0.284. The van der Waals surface area contributed by atoms with Crippen LogP contribution >= 0.6 is 23.7 Å². The molecule has 1 aromatic heterocycles. The second kappa shape index (κ2) is 13.9. The van der Waals surface area contributed by atoms with Crippen LogP contribution in [-0.4, -0.2) is 74.9 Å². The van der Waals surface area contributed by atoms with Gasteiger partial charge in [-0.1, -0.05) is 44.4 Å². The lowest BCUT2D eigenvalue weighted by molar-refractivity contribution is 0.0983. The number of thiazole rings is 1. The number of carbonyl (C=O) groups excluding carboxylic acids is 1.